The standard InChI is InChI=1S/C14H18N2O2/c1-2-13-14(18-8-7-17-13)9-11(1)12-10-15-3-5-16(12)6-4-15/h1-2,9,12H,3-8,10H2. The first-order valence-electron chi connectivity index (χ1n) is 6.76. The Hall–Kier alpha value is -1.26. The SMILES string of the molecule is c1cc2c(cc1C1CN3CCN1CC3)OCCO2. The minimum absolute atomic E-state index is 0.531. The molecule has 3 saturated heterocycles. The van der Waals surface area contributed by atoms with Gasteiger partial charge < -0.3 is 9.47 Å². The number of nitrogens with zero attached hydrogens (tertiary/aromatic N) is 2. The molecule has 0 radical (unpaired) electrons. The van der Waals surface area contributed by atoms with Gasteiger partial charge in [-0.2, -0.15) is 0 Å². The molecule has 4 aliphatic heterocycles. The molecule has 96 valence electrons. The maximum atomic E-state index is 5.68. The van der Waals surface area contributed by atoms with Crippen LogP contribution in [0.1, 0.15) is 11.6 Å². The summed E-state index contributed by atoms with van der Waals surface area (Å²) in [5.74, 6) is 1.80. The van der Waals surface area contributed by atoms with Crippen LogP contribution in [0.2, 0.25) is 0 Å². The molecule has 4 aliphatic rings. The summed E-state index contributed by atoms with van der Waals surface area (Å²) >= 11 is 0. The molecule has 1 aromatic rings. The smallest absolute Gasteiger partial charge is 0.161 e. The van der Waals surface area contributed by atoms with Gasteiger partial charge in [-0.15, -0.1) is 0 Å². The van der Waals surface area contributed by atoms with Crippen molar-refractivity contribution < 1.29 is 9.47 Å². The van der Waals surface area contributed by atoms with Gasteiger partial charge in [0.25, 0.3) is 0 Å². The second-order valence-corrected chi connectivity index (χ2v) is 5.26. The molecule has 18 heavy (non-hydrogen) atoms. The summed E-state index contributed by atoms with van der Waals surface area (Å²) in [5, 5.41) is 0. The van der Waals surface area contributed by atoms with Crippen LogP contribution in [0.3, 0.4) is 0 Å². The molecule has 0 N–H and O–H groups in total. The zero-order valence-electron chi connectivity index (χ0n) is 10.5. The van der Waals surface area contributed by atoms with Crippen LogP contribution >= 0.6 is 0 Å². The van der Waals surface area contributed by atoms with E-state index in [1.54, 1.807) is 0 Å². The summed E-state index contributed by atoms with van der Waals surface area (Å²) in [7, 11) is 0. The average molecular weight is 246 g/mol. The van der Waals surface area contributed by atoms with E-state index in [9.17, 15) is 0 Å². The Morgan fingerprint density at radius 2 is 1.72 bits per heavy atom. The molecule has 1 unspecified atom stereocenters. The molecule has 4 nitrogen and oxygen atoms in total. The normalized spacial score (nSPS) is 33.4. The molecule has 3 fully saturated rings. The molecule has 0 spiro atoms. The van der Waals surface area contributed by atoms with E-state index in [2.05, 4.69) is 28.0 Å². The third-order valence-corrected chi connectivity index (χ3v) is 4.23. The highest BCUT2D eigenvalue weighted by Gasteiger charge is 2.33. The lowest BCUT2D eigenvalue weighted by molar-refractivity contribution is 0.0121. The Morgan fingerprint density at radius 1 is 0.944 bits per heavy atom. The number of hydrogen-bond donors (Lipinski definition) is 0. The van der Waals surface area contributed by atoms with Crippen LogP contribution in [-0.2, 0) is 0 Å². The van der Waals surface area contributed by atoms with Gasteiger partial charge >= 0.3 is 0 Å². The monoisotopic (exact) mass is 246 g/mol. The maximum Gasteiger partial charge on any atom is 0.161 e. The first kappa shape index (κ1) is 10.6. The van der Waals surface area contributed by atoms with Crippen LogP contribution in [0, 0.1) is 0 Å². The van der Waals surface area contributed by atoms with Crippen LogP contribution in [0.4, 0.5) is 0 Å². The number of ether oxygens (including phenoxy) is 2. The van der Waals surface area contributed by atoms with Gasteiger partial charge in [-0.05, 0) is 17.7 Å². The highest BCUT2D eigenvalue weighted by Crippen LogP contribution is 2.36. The summed E-state index contributed by atoms with van der Waals surface area (Å²) < 4.78 is 11.3. The second-order valence-electron chi connectivity index (χ2n) is 5.26. The van der Waals surface area contributed by atoms with Crippen molar-refractivity contribution in [1.29, 1.82) is 0 Å². The molecule has 0 aliphatic carbocycles. The van der Waals surface area contributed by atoms with Gasteiger partial charge in [0.05, 0.1) is 0 Å². The molecule has 0 amide bonds. The minimum atomic E-state index is 0.531. The highest BCUT2D eigenvalue weighted by molar-refractivity contribution is 5.45. The van der Waals surface area contributed by atoms with Gasteiger partial charge in [-0.3, -0.25) is 9.80 Å². The summed E-state index contributed by atoms with van der Waals surface area (Å²) in [6.45, 7) is 7.31. The summed E-state index contributed by atoms with van der Waals surface area (Å²) in [6, 6.07) is 6.95. The zero-order chi connectivity index (χ0) is 11.9. The van der Waals surface area contributed by atoms with Crippen molar-refractivity contribution in [2.24, 2.45) is 0 Å². The van der Waals surface area contributed by atoms with Crippen molar-refractivity contribution in [1.82, 2.24) is 9.80 Å². The van der Waals surface area contributed by atoms with Gasteiger partial charge in [-0.25, -0.2) is 0 Å². The predicted octanol–water partition coefficient (Wildman–Crippen LogP) is 1.13. The van der Waals surface area contributed by atoms with Crippen LogP contribution in [-0.4, -0.2) is 55.7 Å². The van der Waals surface area contributed by atoms with E-state index in [4.69, 9.17) is 9.47 Å². The average Bonchev–Trinajstić information content (AvgIpc) is 2.48. The van der Waals surface area contributed by atoms with E-state index >= 15 is 0 Å². The summed E-state index contributed by atoms with van der Waals surface area (Å²) in [6.07, 6.45) is 0. The molecule has 1 atom stereocenters. The fraction of sp³-hybridized carbons (Fsp3) is 0.571. The number of fused-ring (bicyclic) bond motifs is 4. The van der Waals surface area contributed by atoms with E-state index in [0.29, 0.717) is 19.3 Å². The van der Waals surface area contributed by atoms with Crippen molar-refractivity contribution >= 4 is 0 Å². The lowest BCUT2D eigenvalue weighted by Gasteiger charge is -2.47. The Bertz CT molecular complexity index is 455. The molecule has 0 saturated carbocycles. The number of rotatable bonds is 1. The third-order valence-electron chi connectivity index (χ3n) is 4.23. The highest BCUT2D eigenvalue weighted by atomic mass is 16.6. The third kappa shape index (κ3) is 1.68. The zero-order valence-corrected chi connectivity index (χ0v) is 10.5. The number of piperazine rings is 3. The van der Waals surface area contributed by atoms with Gasteiger partial charge in [0.2, 0.25) is 0 Å². The van der Waals surface area contributed by atoms with Crippen molar-refractivity contribution in [3.8, 4) is 11.5 Å². The van der Waals surface area contributed by atoms with E-state index in [-0.39, 0.29) is 0 Å². The molecule has 1 aromatic carbocycles. The van der Waals surface area contributed by atoms with Gasteiger partial charge in [-0.1, -0.05) is 6.07 Å². The van der Waals surface area contributed by atoms with E-state index in [0.717, 1.165) is 18.0 Å². The Morgan fingerprint density at radius 3 is 2.44 bits per heavy atom. The van der Waals surface area contributed by atoms with E-state index in [1.807, 2.05) is 0 Å². The number of benzene rings is 1. The Labute approximate surface area is 107 Å². The Kier molecular flexibility index (Phi) is 2.45. The van der Waals surface area contributed by atoms with Gasteiger partial charge in [0, 0.05) is 38.8 Å². The molecular weight excluding hydrogens is 228 g/mol. The maximum absolute atomic E-state index is 5.68. The molecule has 5 rings (SSSR count). The van der Waals surface area contributed by atoms with Crippen LogP contribution in [0.15, 0.2) is 18.2 Å². The van der Waals surface area contributed by atoms with Crippen molar-refractivity contribution in [2.45, 2.75) is 6.04 Å². The molecule has 2 bridgehead atoms. The quantitative estimate of drug-likeness (QED) is 0.741. The second kappa shape index (κ2) is 4.14. The molecule has 0 aromatic heterocycles. The van der Waals surface area contributed by atoms with Crippen LogP contribution < -0.4 is 9.47 Å². The van der Waals surface area contributed by atoms with Crippen molar-refractivity contribution in [2.75, 3.05) is 45.9 Å². The number of hydrogen-bond acceptors (Lipinski definition) is 4. The molecular formula is C14H18N2O2. The lowest BCUT2D eigenvalue weighted by atomic mass is 9.99. The fourth-order valence-corrected chi connectivity index (χ4v) is 3.20. The van der Waals surface area contributed by atoms with E-state index < -0.39 is 0 Å². The van der Waals surface area contributed by atoms with Crippen LogP contribution in [0.5, 0.6) is 11.5 Å². The molecule has 4 heteroatoms. The lowest BCUT2D eigenvalue weighted by Crippen LogP contribution is -2.56. The van der Waals surface area contributed by atoms with Gasteiger partial charge in [0.1, 0.15) is 13.2 Å². The van der Waals surface area contributed by atoms with E-state index in [1.165, 1.54) is 31.7 Å². The fourth-order valence-electron chi connectivity index (χ4n) is 3.20. The topological polar surface area (TPSA) is 24.9 Å². The minimum Gasteiger partial charge on any atom is -0.486 e. The summed E-state index contributed by atoms with van der Waals surface area (Å²) in [4.78, 5) is 5.15. The van der Waals surface area contributed by atoms with Crippen molar-refractivity contribution in [3.63, 3.8) is 0 Å². The summed E-state index contributed by atoms with van der Waals surface area (Å²) in [5.41, 5.74) is 1.36. The van der Waals surface area contributed by atoms with Gasteiger partial charge in [0.15, 0.2) is 11.5 Å². The molecule has 4 heterocycles. The predicted molar refractivity (Wildman–Crippen MR) is 68.2 cm³/mol. The van der Waals surface area contributed by atoms with Crippen molar-refractivity contribution in [3.05, 3.63) is 23.8 Å². The first-order chi connectivity index (χ1) is 8.90. The van der Waals surface area contributed by atoms with Crippen LogP contribution in [0.25, 0.3) is 0 Å². The Balaban J connectivity index is 1.64. The largest absolute Gasteiger partial charge is 0.486 e. The first-order valence-corrected chi connectivity index (χ1v) is 6.76.